The fourth-order valence-electron chi connectivity index (χ4n) is 3.83. The highest BCUT2D eigenvalue weighted by atomic mass is 16.2. The van der Waals surface area contributed by atoms with Gasteiger partial charge in [0.15, 0.2) is 0 Å². The molecule has 2 N–H and O–H groups in total. The molecule has 4 rings (SSSR count). The van der Waals surface area contributed by atoms with Crippen LogP contribution in [0.25, 0.3) is 11.3 Å². The first kappa shape index (κ1) is 18.9. The Morgan fingerprint density at radius 1 is 1.14 bits per heavy atom. The maximum atomic E-state index is 12.7. The molecule has 2 aromatic carbocycles. The molecule has 0 atom stereocenters. The molecular formula is C23H24N4O2. The molecule has 3 aromatic rings. The number of fused-ring (bicyclic) bond motifs is 1. The number of nitrogens with zero attached hydrogens (tertiary/aromatic N) is 2. The SMILES string of the molecule is Cc1cc(C)c(NC(=O)CCN2Cc3ccccc3C2=O)c(-c2cc(C)[nH]n2)c1. The molecule has 148 valence electrons. The van der Waals surface area contributed by atoms with Gasteiger partial charge in [0, 0.05) is 36.3 Å². The number of hydrogen-bond acceptors (Lipinski definition) is 3. The van der Waals surface area contributed by atoms with Gasteiger partial charge in [0.2, 0.25) is 5.91 Å². The van der Waals surface area contributed by atoms with Crippen LogP contribution in [0.4, 0.5) is 5.69 Å². The van der Waals surface area contributed by atoms with Crippen LogP contribution in [0, 0.1) is 20.8 Å². The molecule has 0 bridgehead atoms. The number of aromatic nitrogens is 2. The Labute approximate surface area is 169 Å². The minimum atomic E-state index is -0.116. The predicted octanol–water partition coefficient (Wildman–Crippen LogP) is 3.99. The average Bonchev–Trinajstić information content (AvgIpc) is 3.26. The molecule has 0 unspecified atom stereocenters. The average molecular weight is 388 g/mol. The Morgan fingerprint density at radius 2 is 1.93 bits per heavy atom. The standard InChI is InChI=1S/C23H24N4O2/c1-14-10-15(2)22(19(11-14)20-12-16(3)25-26-20)24-21(28)8-9-27-13-17-6-4-5-7-18(17)23(27)29/h4-7,10-12H,8-9,13H2,1-3H3,(H,24,28)(H,25,26). The molecule has 0 saturated carbocycles. The zero-order valence-corrected chi connectivity index (χ0v) is 16.9. The first-order chi connectivity index (χ1) is 13.9. The van der Waals surface area contributed by atoms with E-state index in [0.29, 0.717) is 13.1 Å². The Balaban J connectivity index is 1.47. The Kier molecular flexibility index (Phi) is 4.92. The lowest BCUT2D eigenvalue weighted by Crippen LogP contribution is -2.28. The fraction of sp³-hybridized carbons (Fsp3) is 0.261. The molecule has 0 saturated heterocycles. The largest absolute Gasteiger partial charge is 0.334 e. The summed E-state index contributed by atoms with van der Waals surface area (Å²) in [5.74, 6) is -0.123. The lowest BCUT2D eigenvalue weighted by atomic mass is 10.0. The summed E-state index contributed by atoms with van der Waals surface area (Å²) in [6.45, 7) is 6.90. The number of benzene rings is 2. The van der Waals surface area contributed by atoms with E-state index in [1.807, 2.05) is 63.2 Å². The van der Waals surface area contributed by atoms with Crippen LogP contribution < -0.4 is 5.32 Å². The Morgan fingerprint density at radius 3 is 2.66 bits per heavy atom. The van der Waals surface area contributed by atoms with Crippen LogP contribution in [0.5, 0.6) is 0 Å². The van der Waals surface area contributed by atoms with Gasteiger partial charge in [-0.15, -0.1) is 0 Å². The van der Waals surface area contributed by atoms with Gasteiger partial charge in [-0.2, -0.15) is 5.10 Å². The number of hydrogen-bond donors (Lipinski definition) is 2. The second kappa shape index (κ2) is 7.54. The number of carbonyl (C=O) groups is 2. The van der Waals surface area contributed by atoms with Crippen molar-refractivity contribution >= 4 is 17.5 Å². The van der Waals surface area contributed by atoms with Crippen LogP contribution in [0.1, 0.15) is 39.2 Å². The van der Waals surface area contributed by atoms with Gasteiger partial charge in [0.1, 0.15) is 0 Å². The van der Waals surface area contributed by atoms with Crippen LogP contribution in [-0.2, 0) is 11.3 Å². The predicted molar refractivity (Wildman–Crippen MR) is 113 cm³/mol. The molecule has 2 heterocycles. The quantitative estimate of drug-likeness (QED) is 0.694. The van der Waals surface area contributed by atoms with Crippen molar-refractivity contribution in [1.29, 1.82) is 0 Å². The normalized spacial score (nSPS) is 12.9. The van der Waals surface area contributed by atoms with Crippen LogP contribution in [0.2, 0.25) is 0 Å². The lowest BCUT2D eigenvalue weighted by molar-refractivity contribution is -0.116. The van der Waals surface area contributed by atoms with Crippen LogP contribution in [-0.4, -0.2) is 33.5 Å². The maximum absolute atomic E-state index is 12.7. The summed E-state index contributed by atoms with van der Waals surface area (Å²) in [6.07, 6.45) is 0.242. The Hall–Kier alpha value is -3.41. The molecule has 6 heteroatoms. The Bertz CT molecular complexity index is 1100. The van der Waals surface area contributed by atoms with Gasteiger partial charge >= 0.3 is 0 Å². The third-order valence-electron chi connectivity index (χ3n) is 5.23. The van der Waals surface area contributed by atoms with E-state index in [0.717, 1.165) is 44.9 Å². The summed E-state index contributed by atoms with van der Waals surface area (Å²) in [6, 6.07) is 13.6. The van der Waals surface area contributed by atoms with E-state index in [1.54, 1.807) is 4.90 Å². The van der Waals surface area contributed by atoms with Crippen LogP contribution in [0.3, 0.4) is 0 Å². The summed E-state index contributed by atoms with van der Waals surface area (Å²) in [4.78, 5) is 26.9. The molecule has 0 aliphatic carbocycles. The molecule has 0 spiro atoms. The monoisotopic (exact) mass is 388 g/mol. The highest BCUT2D eigenvalue weighted by Crippen LogP contribution is 2.32. The summed E-state index contributed by atoms with van der Waals surface area (Å²) in [7, 11) is 0. The van der Waals surface area contributed by atoms with E-state index < -0.39 is 0 Å². The van der Waals surface area contributed by atoms with Crippen molar-refractivity contribution in [3.05, 3.63) is 70.4 Å². The van der Waals surface area contributed by atoms with Crippen molar-refractivity contribution < 1.29 is 9.59 Å². The number of anilines is 1. The summed E-state index contributed by atoms with van der Waals surface area (Å²) in [5.41, 5.74) is 7.27. The number of aryl methyl sites for hydroxylation is 3. The van der Waals surface area contributed by atoms with Gasteiger partial charge in [-0.1, -0.05) is 29.8 Å². The first-order valence-corrected chi connectivity index (χ1v) is 9.73. The van der Waals surface area contributed by atoms with Gasteiger partial charge in [0.25, 0.3) is 5.91 Å². The van der Waals surface area contributed by atoms with Gasteiger partial charge < -0.3 is 10.2 Å². The van der Waals surface area contributed by atoms with Crippen molar-refractivity contribution in [2.24, 2.45) is 0 Å². The second-order valence-corrected chi connectivity index (χ2v) is 7.62. The fourth-order valence-corrected chi connectivity index (χ4v) is 3.83. The number of nitrogens with one attached hydrogen (secondary N) is 2. The topological polar surface area (TPSA) is 78.1 Å². The molecule has 29 heavy (non-hydrogen) atoms. The molecular weight excluding hydrogens is 364 g/mol. The van der Waals surface area contributed by atoms with E-state index in [2.05, 4.69) is 15.5 Å². The van der Waals surface area contributed by atoms with Crippen LogP contribution in [0.15, 0.2) is 42.5 Å². The number of carbonyl (C=O) groups excluding carboxylic acids is 2. The number of rotatable bonds is 5. The number of amides is 2. The maximum Gasteiger partial charge on any atom is 0.254 e. The van der Waals surface area contributed by atoms with E-state index >= 15 is 0 Å². The highest BCUT2D eigenvalue weighted by Gasteiger charge is 2.27. The van der Waals surface area contributed by atoms with Gasteiger partial charge in [0.05, 0.1) is 11.4 Å². The third kappa shape index (κ3) is 3.78. The smallest absolute Gasteiger partial charge is 0.254 e. The van der Waals surface area contributed by atoms with E-state index in [1.165, 1.54) is 0 Å². The van der Waals surface area contributed by atoms with Gasteiger partial charge in [-0.3, -0.25) is 14.7 Å². The summed E-state index contributed by atoms with van der Waals surface area (Å²) >= 11 is 0. The highest BCUT2D eigenvalue weighted by molar-refractivity contribution is 5.99. The summed E-state index contributed by atoms with van der Waals surface area (Å²) in [5, 5.41) is 10.3. The van der Waals surface area contributed by atoms with E-state index in [9.17, 15) is 9.59 Å². The van der Waals surface area contributed by atoms with Crippen molar-refractivity contribution in [2.45, 2.75) is 33.7 Å². The van der Waals surface area contributed by atoms with Crippen molar-refractivity contribution in [2.75, 3.05) is 11.9 Å². The molecule has 1 aliphatic heterocycles. The molecule has 0 fully saturated rings. The van der Waals surface area contributed by atoms with E-state index in [4.69, 9.17) is 0 Å². The van der Waals surface area contributed by atoms with Crippen molar-refractivity contribution in [3.8, 4) is 11.3 Å². The molecule has 1 aromatic heterocycles. The third-order valence-corrected chi connectivity index (χ3v) is 5.23. The summed E-state index contributed by atoms with van der Waals surface area (Å²) < 4.78 is 0. The zero-order chi connectivity index (χ0) is 20.5. The second-order valence-electron chi connectivity index (χ2n) is 7.62. The van der Waals surface area contributed by atoms with Gasteiger partial charge in [-0.25, -0.2) is 0 Å². The minimum Gasteiger partial charge on any atom is -0.334 e. The first-order valence-electron chi connectivity index (χ1n) is 9.73. The zero-order valence-electron chi connectivity index (χ0n) is 16.9. The van der Waals surface area contributed by atoms with Crippen LogP contribution >= 0.6 is 0 Å². The van der Waals surface area contributed by atoms with Gasteiger partial charge in [-0.05, 0) is 50.1 Å². The number of aromatic amines is 1. The minimum absolute atomic E-state index is 0.00685. The molecule has 1 aliphatic rings. The van der Waals surface area contributed by atoms with Crippen molar-refractivity contribution in [1.82, 2.24) is 15.1 Å². The molecule has 0 radical (unpaired) electrons. The molecule has 6 nitrogen and oxygen atoms in total. The molecule has 2 amide bonds. The lowest BCUT2D eigenvalue weighted by Gasteiger charge is -2.17. The number of H-pyrrole nitrogens is 1. The van der Waals surface area contributed by atoms with Crippen molar-refractivity contribution in [3.63, 3.8) is 0 Å². The van der Waals surface area contributed by atoms with E-state index in [-0.39, 0.29) is 18.2 Å².